The Balaban J connectivity index is 2.41. The molecule has 2 aromatic rings. The zero-order valence-electron chi connectivity index (χ0n) is 10.1. The van der Waals surface area contributed by atoms with Crippen molar-refractivity contribution in [3.63, 3.8) is 0 Å². The lowest BCUT2D eigenvalue weighted by atomic mass is 10.2. The Hall–Kier alpha value is -2.43. The molecule has 2 heterocycles. The summed E-state index contributed by atoms with van der Waals surface area (Å²) < 4.78 is 0. The van der Waals surface area contributed by atoms with Gasteiger partial charge in [0.25, 0.3) is 0 Å². The van der Waals surface area contributed by atoms with Crippen LogP contribution in [-0.4, -0.2) is 21.0 Å². The smallest absolute Gasteiger partial charge is 0.356 e. The van der Waals surface area contributed by atoms with E-state index in [-0.39, 0.29) is 5.69 Å². The molecule has 0 unspecified atom stereocenters. The molecular weight excluding hydrogens is 230 g/mol. The minimum atomic E-state index is -1.05. The molecule has 2 N–H and O–H groups in total. The fourth-order valence-electron chi connectivity index (χ4n) is 1.58. The third-order valence-electron chi connectivity index (χ3n) is 2.51. The van der Waals surface area contributed by atoms with E-state index < -0.39 is 5.97 Å². The van der Waals surface area contributed by atoms with E-state index in [1.165, 1.54) is 0 Å². The molecule has 0 fully saturated rings. The van der Waals surface area contributed by atoms with Crippen molar-refractivity contribution < 1.29 is 9.90 Å². The molecule has 5 nitrogen and oxygen atoms in total. The number of carbonyl (C=O) groups is 1. The van der Waals surface area contributed by atoms with Crippen LogP contribution < -0.4 is 5.32 Å². The minimum absolute atomic E-state index is 0.0123. The molecule has 0 aliphatic carbocycles. The standard InChI is InChI=1S/C13H13N3O2/c1-8-5-6-11(12(15-8)13(17)18)16-10-4-3-7-14-9(10)2/h3-7,16H,1-2H3,(H,17,18). The van der Waals surface area contributed by atoms with Gasteiger partial charge in [0.2, 0.25) is 0 Å². The van der Waals surface area contributed by atoms with Gasteiger partial charge in [-0.1, -0.05) is 0 Å². The number of nitrogens with one attached hydrogen (secondary N) is 1. The van der Waals surface area contributed by atoms with Crippen molar-refractivity contribution in [3.05, 3.63) is 47.5 Å². The fraction of sp³-hybridized carbons (Fsp3) is 0.154. The summed E-state index contributed by atoms with van der Waals surface area (Å²) >= 11 is 0. The second kappa shape index (κ2) is 4.83. The molecule has 0 amide bonds. The Morgan fingerprint density at radius 2 is 2.00 bits per heavy atom. The van der Waals surface area contributed by atoms with E-state index >= 15 is 0 Å². The van der Waals surface area contributed by atoms with Crippen molar-refractivity contribution in [2.75, 3.05) is 5.32 Å². The second-order valence-corrected chi connectivity index (χ2v) is 3.92. The van der Waals surface area contributed by atoms with Crippen LogP contribution >= 0.6 is 0 Å². The summed E-state index contributed by atoms with van der Waals surface area (Å²) in [6.45, 7) is 3.61. The van der Waals surface area contributed by atoms with Gasteiger partial charge in [-0.2, -0.15) is 0 Å². The van der Waals surface area contributed by atoms with Crippen LogP contribution in [0.4, 0.5) is 11.4 Å². The number of hydrogen-bond donors (Lipinski definition) is 2. The molecule has 0 saturated heterocycles. The molecule has 0 spiro atoms. The van der Waals surface area contributed by atoms with Crippen LogP contribution in [0.5, 0.6) is 0 Å². The molecule has 0 aliphatic heterocycles. The Morgan fingerprint density at radius 1 is 1.22 bits per heavy atom. The average Bonchev–Trinajstić information content (AvgIpc) is 2.34. The largest absolute Gasteiger partial charge is 0.476 e. The molecular formula is C13H13N3O2. The summed E-state index contributed by atoms with van der Waals surface area (Å²) in [6, 6.07) is 7.10. The number of aromatic nitrogens is 2. The van der Waals surface area contributed by atoms with Gasteiger partial charge in [0, 0.05) is 11.9 Å². The summed E-state index contributed by atoms with van der Waals surface area (Å²) in [5.41, 5.74) is 2.71. The molecule has 5 heteroatoms. The summed E-state index contributed by atoms with van der Waals surface area (Å²) in [5.74, 6) is -1.05. The highest BCUT2D eigenvalue weighted by atomic mass is 16.4. The average molecular weight is 243 g/mol. The van der Waals surface area contributed by atoms with Gasteiger partial charge in [0.05, 0.1) is 17.1 Å². The van der Waals surface area contributed by atoms with Gasteiger partial charge in [-0.05, 0) is 38.1 Å². The van der Waals surface area contributed by atoms with E-state index in [1.807, 2.05) is 13.0 Å². The van der Waals surface area contributed by atoms with Gasteiger partial charge in [-0.3, -0.25) is 4.98 Å². The van der Waals surface area contributed by atoms with Crippen molar-refractivity contribution in [1.29, 1.82) is 0 Å². The number of carboxylic acids is 1. The zero-order chi connectivity index (χ0) is 13.1. The second-order valence-electron chi connectivity index (χ2n) is 3.92. The van der Waals surface area contributed by atoms with E-state index in [0.717, 1.165) is 11.4 Å². The molecule has 0 bridgehead atoms. The van der Waals surface area contributed by atoms with Crippen LogP contribution in [0.2, 0.25) is 0 Å². The predicted octanol–water partition coefficient (Wildman–Crippen LogP) is 2.54. The SMILES string of the molecule is Cc1ccc(Nc2cccnc2C)c(C(=O)O)n1. The monoisotopic (exact) mass is 243 g/mol. The maximum absolute atomic E-state index is 11.1. The number of rotatable bonds is 3. The van der Waals surface area contributed by atoms with E-state index in [9.17, 15) is 4.79 Å². The van der Waals surface area contributed by atoms with E-state index in [4.69, 9.17) is 5.11 Å². The molecule has 0 atom stereocenters. The van der Waals surface area contributed by atoms with Crippen molar-refractivity contribution in [1.82, 2.24) is 9.97 Å². The molecule has 18 heavy (non-hydrogen) atoms. The van der Waals surface area contributed by atoms with Gasteiger partial charge in [0.15, 0.2) is 5.69 Å². The highest BCUT2D eigenvalue weighted by Gasteiger charge is 2.12. The van der Waals surface area contributed by atoms with Crippen LogP contribution in [0.3, 0.4) is 0 Å². The molecule has 2 aromatic heterocycles. The normalized spacial score (nSPS) is 10.1. The van der Waals surface area contributed by atoms with Gasteiger partial charge in [-0.15, -0.1) is 0 Å². The Labute approximate surface area is 105 Å². The number of carboxylic acid groups (broad SMARTS) is 1. The lowest BCUT2D eigenvalue weighted by molar-refractivity contribution is 0.0691. The third-order valence-corrected chi connectivity index (χ3v) is 2.51. The van der Waals surface area contributed by atoms with Crippen LogP contribution in [0, 0.1) is 13.8 Å². The van der Waals surface area contributed by atoms with Crippen molar-refractivity contribution in [2.24, 2.45) is 0 Å². The first-order chi connectivity index (χ1) is 8.58. The molecule has 0 radical (unpaired) electrons. The number of anilines is 2. The third kappa shape index (κ3) is 2.45. The summed E-state index contributed by atoms with van der Waals surface area (Å²) in [5, 5.41) is 12.2. The first-order valence-corrected chi connectivity index (χ1v) is 5.47. The summed E-state index contributed by atoms with van der Waals surface area (Å²) in [6.07, 6.45) is 1.69. The first kappa shape index (κ1) is 12.0. The fourth-order valence-corrected chi connectivity index (χ4v) is 1.58. The quantitative estimate of drug-likeness (QED) is 0.866. The molecule has 2 rings (SSSR count). The van der Waals surface area contributed by atoms with Gasteiger partial charge in [0.1, 0.15) is 0 Å². The molecule has 92 valence electrons. The number of nitrogens with zero attached hydrogens (tertiary/aromatic N) is 2. The zero-order valence-corrected chi connectivity index (χ0v) is 10.1. The van der Waals surface area contributed by atoms with Gasteiger partial charge in [-0.25, -0.2) is 9.78 Å². The molecule has 0 aliphatic rings. The maximum atomic E-state index is 11.1. The predicted molar refractivity (Wildman–Crippen MR) is 68.2 cm³/mol. The van der Waals surface area contributed by atoms with Crippen molar-refractivity contribution in [2.45, 2.75) is 13.8 Å². The number of pyridine rings is 2. The molecule has 0 aromatic carbocycles. The lowest BCUT2D eigenvalue weighted by Crippen LogP contribution is -2.07. The van der Waals surface area contributed by atoms with Crippen LogP contribution in [0.25, 0.3) is 0 Å². The summed E-state index contributed by atoms with van der Waals surface area (Å²) in [4.78, 5) is 19.3. The number of aryl methyl sites for hydroxylation is 2. The van der Waals surface area contributed by atoms with Crippen LogP contribution in [0.15, 0.2) is 30.5 Å². The van der Waals surface area contributed by atoms with Gasteiger partial charge < -0.3 is 10.4 Å². The highest BCUT2D eigenvalue weighted by Crippen LogP contribution is 2.21. The van der Waals surface area contributed by atoms with E-state index in [1.54, 1.807) is 31.3 Å². The first-order valence-electron chi connectivity index (χ1n) is 5.47. The van der Waals surface area contributed by atoms with Crippen LogP contribution in [-0.2, 0) is 0 Å². The van der Waals surface area contributed by atoms with Gasteiger partial charge >= 0.3 is 5.97 Å². The Kier molecular flexibility index (Phi) is 3.23. The van der Waals surface area contributed by atoms with Crippen molar-refractivity contribution >= 4 is 17.3 Å². The Bertz CT molecular complexity index is 597. The highest BCUT2D eigenvalue weighted by molar-refractivity contribution is 5.93. The molecule has 0 saturated carbocycles. The van der Waals surface area contributed by atoms with Crippen molar-refractivity contribution in [3.8, 4) is 0 Å². The topological polar surface area (TPSA) is 75.1 Å². The van der Waals surface area contributed by atoms with Crippen LogP contribution in [0.1, 0.15) is 21.9 Å². The minimum Gasteiger partial charge on any atom is -0.476 e. The lowest BCUT2D eigenvalue weighted by Gasteiger charge is -2.11. The number of hydrogen-bond acceptors (Lipinski definition) is 4. The summed E-state index contributed by atoms with van der Waals surface area (Å²) in [7, 11) is 0. The van der Waals surface area contributed by atoms with E-state index in [0.29, 0.717) is 11.4 Å². The maximum Gasteiger partial charge on any atom is 0.356 e. The number of aromatic carboxylic acids is 1. The Morgan fingerprint density at radius 3 is 2.67 bits per heavy atom. The van der Waals surface area contributed by atoms with E-state index in [2.05, 4.69) is 15.3 Å².